The zero-order valence-electron chi connectivity index (χ0n) is 14.7. The van der Waals surface area contributed by atoms with E-state index < -0.39 is 0 Å². The lowest BCUT2D eigenvalue weighted by Gasteiger charge is -2.25. The van der Waals surface area contributed by atoms with Crippen LogP contribution in [0.2, 0.25) is 0 Å². The highest BCUT2D eigenvalue weighted by Gasteiger charge is 2.20. The number of hydrogen-bond donors (Lipinski definition) is 2. The Balaban J connectivity index is 3.13. The van der Waals surface area contributed by atoms with Crippen molar-refractivity contribution in [1.29, 1.82) is 0 Å². The average Bonchev–Trinajstić information content (AvgIpc) is 2.06. The van der Waals surface area contributed by atoms with E-state index in [9.17, 15) is 0 Å². The highest BCUT2D eigenvalue weighted by Crippen LogP contribution is 2.20. The molecule has 0 aliphatic carbocycles. The van der Waals surface area contributed by atoms with Crippen molar-refractivity contribution in [2.24, 2.45) is 0 Å². The molecule has 0 saturated heterocycles. The Kier molecular flexibility index (Phi) is 4.70. The molecule has 0 aromatic carbocycles. The van der Waals surface area contributed by atoms with Gasteiger partial charge in [0.05, 0.1) is 0 Å². The van der Waals surface area contributed by atoms with Crippen LogP contribution < -0.4 is 15.4 Å². The van der Waals surface area contributed by atoms with E-state index in [-0.39, 0.29) is 16.7 Å². The average molecular weight is 295 g/mol. The van der Waals surface area contributed by atoms with Gasteiger partial charge < -0.3 is 15.4 Å². The Morgan fingerprint density at radius 1 is 0.667 bits per heavy atom. The number of aromatic nitrogens is 3. The fourth-order valence-electron chi connectivity index (χ4n) is 1.46. The van der Waals surface area contributed by atoms with Gasteiger partial charge in [-0.1, -0.05) is 0 Å². The molecule has 6 heteroatoms. The molecule has 0 radical (unpaired) electrons. The Hall–Kier alpha value is -1.59. The lowest BCUT2D eigenvalue weighted by atomic mass is 10.1. The molecule has 1 rings (SSSR count). The standard InChI is InChI=1S/C15H29N5O/c1-13(2,3)19-10-16-11(20-14(4,5)6)18-12(17-10)21-15(7,8)9/h1-9H3,(H2,16,17,18,19,20). The SMILES string of the molecule is CC(C)(C)Nc1nc(NC(C)(C)C)nc(OC(C)(C)C)n1. The first-order chi connectivity index (χ1) is 9.23. The van der Waals surface area contributed by atoms with E-state index in [0.717, 1.165) is 0 Å². The van der Waals surface area contributed by atoms with Gasteiger partial charge in [-0.2, -0.15) is 15.0 Å². The van der Waals surface area contributed by atoms with Crippen LogP contribution in [0.25, 0.3) is 0 Å². The van der Waals surface area contributed by atoms with E-state index in [1.165, 1.54) is 0 Å². The van der Waals surface area contributed by atoms with Gasteiger partial charge in [-0.05, 0) is 62.3 Å². The van der Waals surface area contributed by atoms with Crippen molar-refractivity contribution in [3.05, 3.63) is 0 Å². The first-order valence-corrected chi connectivity index (χ1v) is 7.25. The van der Waals surface area contributed by atoms with Crippen LogP contribution in [0.4, 0.5) is 11.9 Å². The monoisotopic (exact) mass is 295 g/mol. The normalized spacial score (nSPS) is 13.0. The Bertz CT molecular complexity index is 397. The van der Waals surface area contributed by atoms with Crippen molar-refractivity contribution < 1.29 is 4.74 Å². The minimum absolute atomic E-state index is 0.140. The van der Waals surface area contributed by atoms with Gasteiger partial charge in [-0.3, -0.25) is 0 Å². The fourth-order valence-corrected chi connectivity index (χ4v) is 1.46. The van der Waals surface area contributed by atoms with E-state index in [4.69, 9.17) is 4.74 Å². The van der Waals surface area contributed by atoms with Gasteiger partial charge >= 0.3 is 6.01 Å². The number of ether oxygens (including phenoxy) is 1. The van der Waals surface area contributed by atoms with Gasteiger partial charge in [0.1, 0.15) is 5.60 Å². The number of hydrogen-bond acceptors (Lipinski definition) is 6. The Morgan fingerprint density at radius 3 is 1.33 bits per heavy atom. The van der Waals surface area contributed by atoms with Crippen molar-refractivity contribution in [2.75, 3.05) is 10.6 Å². The molecule has 0 saturated carbocycles. The van der Waals surface area contributed by atoms with Gasteiger partial charge in [0.25, 0.3) is 0 Å². The Morgan fingerprint density at radius 2 is 1.05 bits per heavy atom. The predicted octanol–water partition coefficient (Wildman–Crippen LogP) is 3.47. The van der Waals surface area contributed by atoms with E-state index in [2.05, 4.69) is 67.1 Å². The smallest absolute Gasteiger partial charge is 0.323 e. The number of nitrogens with zero attached hydrogens (tertiary/aromatic N) is 3. The number of rotatable bonds is 3. The summed E-state index contributed by atoms with van der Waals surface area (Å²) >= 11 is 0. The first-order valence-electron chi connectivity index (χ1n) is 7.25. The van der Waals surface area contributed by atoms with E-state index in [0.29, 0.717) is 17.9 Å². The summed E-state index contributed by atoms with van der Waals surface area (Å²) in [5.41, 5.74) is -0.641. The molecule has 1 aromatic rings. The maximum atomic E-state index is 5.77. The van der Waals surface area contributed by atoms with Gasteiger partial charge in [0, 0.05) is 11.1 Å². The predicted molar refractivity (Wildman–Crippen MR) is 87.0 cm³/mol. The third-order valence-corrected chi connectivity index (χ3v) is 1.99. The van der Waals surface area contributed by atoms with E-state index in [1.807, 2.05) is 20.8 Å². The van der Waals surface area contributed by atoms with Crippen LogP contribution in [0.1, 0.15) is 62.3 Å². The topological polar surface area (TPSA) is 72.0 Å². The van der Waals surface area contributed by atoms with Crippen molar-refractivity contribution in [2.45, 2.75) is 79.0 Å². The summed E-state index contributed by atoms with van der Waals surface area (Å²) in [5, 5.41) is 6.50. The van der Waals surface area contributed by atoms with Crippen LogP contribution in [0.3, 0.4) is 0 Å². The van der Waals surface area contributed by atoms with E-state index >= 15 is 0 Å². The number of anilines is 2. The largest absolute Gasteiger partial charge is 0.458 e. The second kappa shape index (κ2) is 5.66. The van der Waals surface area contributed by atoms with Crippen molar-refractivity contribution in [1.82, 2.24) is 15.0 Å². The molecule has 2 N–H and O–H groups in total. The molecule has 0 spiro atoms. The highest BCUT2D eigenvalue weighted by atomic mass is 16.5. The van der Waals surface area contributed by atoms with Crippen molar-refractivity contribution >= 4 is 11.9 Å². The quantitative estimate of drug-likeness (QED) is 0.889. The van der Waals surface area contributed by atoms with Crippen LogP contribution in [-0.4, -0.2) is 31.6 Å². The molecule has 21 heavy (non-hydrogen) atoms. The fraction of sp³-hybridized carbons (Fsp3) is 0.800. The number of nitrogens with one attached hydrogen (secondary N) is 2. The molecule has 1 aromatic heterocycles. The van der Waals surface area contributed by atoms with Crippen LogP contribution in [0, 0.1) is 0 Å². The molecule has 0 fully saturated rings. The molecule has 0 aliphatic heterocycles. The summed E-state index contributed by atoms with van der Waals surface area (Å²) in [6.07, 6.45) is 0. The lowest BCUT2D eigenvalue weighted by molar-refractivity contribution is 0.117. The third-order valence-electron chi connectivity index (χ3n) is 1.99. The maximum absolute atomic E-state index is 5.77. The van der Waals surface area contributed by atoms with Crippen LogP contribution in [-0.2, 0) is 0 Å². The Labute approximate surface area is 128 Å². The second-order valence-corrected chi connectivity index (χ2v) is 8.23. The molecule has 0 unspecified atom stereocenters. The molecule has 6 nitrogen and oxygen atoms in total. The lowest BCUT2D eigenvalue weighted by Crippen LogP contribution is -2.31. The first kappa shape index (κ1) is 17.5. The van der Waals surface area contributed by atoms with Crippen LogP contribution >= 0.6 is 0 Å². The summed E-state index contributed by atoms with van der Waals surface area (Å²) in [6, 6.07) is 0.316. The molecule has 0 atom stereocenters. The van der Waals surface area contributed by atoms with Crippen LogP contribution in [0.15, 0.2) is 0 Å². The zero-order chi connectivity index (χ0) is 16.5. The van der Waals surface area contributed by atoms with Crippen molar-refractivity contribution in [3.8, 4) is 6.01 Å². The summed E-state index contributed by atoms with van der Waals surface area (Å²) in [4.78, 5) is 13.1. The minimum atomic E-state index is -0.362. The van der Waals surface area contributed by atoms with Crippen LogP contribution in [0.5, 0.6) is 6.01 Å². The molecule has 0 bridgehead atoms. The van der Waals surface area contributed by atoms with Crippen molar-refractivity contribution in [3.63, 3.8) is 0 Å². The molecular weight excluding hydrogens is 266 g/mol. The van der Waals surface area contributed by atoms with E-state index in [1.54, 1.807) is 0 Å². The highest BCUT2D eigenvalue weighted by molar-refractivity contribution is 5.38. The van der Waals surface area contributed by atoms with Gasteiger partial charge in [-0.25, -0.2) is 0 Å². The minimum Gasteiger partial charge on any atom is -0.458 e. The summed E-state index contributed by atoms with van der Waals surface area (Å²) in [6.45, 7) is 18.2. The van der Waals surface area contributed by atoms with Gasteiger partial charge in [-0.15, -0.1) is 0 Å². The molecule has 0 aliphatic rings. The molecular formula is C15H29N5O. The summed E-state index contributed by atoms with van der Waals surface area (Å²) in [7, 11) is 0. The second-order valence-electron chi connectivity index (χ2n) is 8.23. The van der Waals surface area contributed by atoms with Gasteiger partial charge in [0.15, 0.2) is 0 Å². The summed E-state index contributed by atoms with van der Waals surface area (Å²) < 4.78 is 5.77. The van der Waals surface area contributed by atoms with Gasteiger partial charge in [0.2, 0.25) is 11.9 Å². The summed E-state index contributed by atoms with van der Waals surface area (Å²) in [5.74, 6) is 1.01. The third kappa shape index (κ3) is 7.68. The maximum Gasteiger partial charge on any atom is 0.323 e. The molecule has 120 valence electrons. The molecule has 0 amide bonds. The zero-order valence-corrected chi connectivity index (χ0v) is 14.7. The molecule has 1 heterocycles.